The Labute approximate surface area is 55.7 Å². The van der Waals surface area contributed by atoms with Crippen LogP contribution in [0.15, 0.2) is 0 Å². The molecule has 0 spiro atoms. The first-order valence-corrected chi connectivity index (χ1v) is 3.09. The SMILES string of the molecule is N=C(N)CC(Cl)Br. The minimum absolute atomic E-state index is 0.108. The second-order valence-electron chi connectivity index (χ2n) is 1.12. The van der Waals surface area contributed by atoms with Crippen molar-refractivity contribution in [3.8, 4) is 0 Å². The molecule has 0 rings (SSSR count). The lowest BCUT2D eigenvalue weighted by Crippen LogP contribution is -2.11. The minimum atomic E-state index is -0.190. The Morgan fingerprint density at radius 2 is 2.43 bits per heavy atom. The highest BCUT2D eigenvalue weighted by molar-refractivity contribution is 9.10. The number of alkyl halides is 2. The van der Waals surface area contributed by atoms with E-state index in [0.29, 0.717) is 6.42 Å². The largest absolute Gasteiger partial charge is 0.388 e. The predicted octanol–water partition coefficient (Wildman–Crippen LogP) is 1.27. The summed E-state index contributed by atoms with van der Waals surface area (Å²) >= 11 is 8.39. The lowest BCUT2D eigenvalue weighted by Gasteiger charge is -1.94. The summed E-state index contributed by atoms with van der Waals surface area (Å²) in [6, 6.07) is 0. The van der Waals surface area contributed by atoms with Crippen LogP contribution in [0.25, 0.3) is 0 Å². The van der Waals surface area contributed by atoms with E-state index in [1.165, 1.54) is 0 Å². The van der Waals surface area contributed by atoms with E-state index in [9.17, 15) is 0 Å². The molecule has 0 radical (unpaired) electrons. The van der Waals surface area contributed by atoms with Crippen LogP contribution in [0.4, 0.5) is 0 Å². The quantitative estimate of drug-likeness (QED) is 0.380. The monoisotopic (exact) mass is 184 g/mol. The molecule has 2 nitrogen and oxygen atoms in total. The number of hydrogen-bond donors (Lipinski definition) is 2. The van der Waals surface area contributed by atoms with E-state index in [2.05, 4.69) is 15.9 Å². The van der Waals surface area contributed by atoms with Gasteiger partial charge in [-0.05, 0) is 0 Å². The first-order chi connectivity index (χ1) is 3.13. The van der Waals surface area contributed by atoms with Crippen LogP contribution in [0.1, 0.15) is 6.42 Å². The summed E-state index contributed by atoms with van der Waals surface area (Å²) in [5.74, 6) is 0.108. The van der Waals surface area contributed by atoms with Gasteiger partial charge in [0.25, 0.3) is 0 Å². The van der Waals surface area contributed by atoms with Crippen molar-refractivity contribution in [1.29, 1.82) is 5.41 Å². The number of hydrogen-bond acceptors (Lipinski definition) is 1. The topological polar surface area (TPSA) is 49.9 Å². The van der Waals surface area contributed by atoms with Crippen LogP contribution in [0.3, 0.4) is 0 Å². The Bertz CT molecular complexity index is 73.3. The van der Waals surface area contributed by atoms with Gasteiger partial charge in [-0.1, -0.05) is 15.9 Å². The number of nitrogens with two attached hydrogens (primary N) is 1. The first kappa shape index (κ1) is 7.24. The molecule has 42 valence electrons. The number of halogens is 2. The minimum Gasteiger partial charge on any atom is -0.388 e. The van der Waals surface area contributed by atoms with Crippen LogP contribution >= 0.6 is 27.5 Å². The van der Waals surface area contributed by atoms with Crippen molar-refractivity contribution >= 4 is 33.4 Å². The predicted molar refractivity (Wildman–Crippen MR) is 35.1 cm³/mol. The summed E-state index contributed by atoms with van der Waals surface area (Å²) in [7, 11) is 0. The molecule has 0 aromatic heterocycles. The molecule has 0 aromatic rings. The summed E-state index contributed by atoms with van der Waals surface area (Å²) in [5.41, 5.74) is 4.96. The van der Waals surface area contributed by atoms with Crippen molar-refractivity contribution in [3.63, 3.8) is 0 Å². The molecule has 0 heterocycles. The van der Waals surface area contributed by atoms with Crippen molar-refractivity contribution < 1.29 is 0 Å². The Balaban J connectivity index is 3.13. The molecule has 0 bridgehead atoms. The van der Waals surface area contributed by atoms with Gasteiger partial charge < -0.3 is 5.73 Å². The van der Waals surface area contributed by atoms with Gasteiger partial charge in [0, 0.05) is 6.42 Å². The van der Waals surface area contributed by atoms with Gasteiger partial charge in [0.05, 0.1) is 10.1 Å². The van der Waals surface area contributed by atoms with Crippen LogP contribution in [0.5, 0.6) is 0 Å². The molecule has 3 N–H and O–H groups in total. The third-order valence-electron chi connectivity index (χ3n) is 0.374. The van der Waals surface area contributed by atoms with Crippen molar-refractivity contribution in [1.82, 2.24) is 0 Å². The summed E-state index contributed by atoms with van der Waals surface area (Å²) in [4.78, 5) is 0. The fourth-order valence-electron chi connectivity index (χ4n) is 0.166. The number of nitrogens with one attached hydrogen (secondary N) is 1. The fraction of sp³-hybridized carbons (Fsp3) is 0.667. The lowest BCUT2D eigenvalue weighted by atomic mass is 10.5. The molecule has 0 aromatic carbocycles. The third kappa shape index (κ3) is 6.24. The molecule has 1 unspecified atom stereocenters. The van der Waals surface area contributed by atoms with Crippen LogP contribution in [0.2, 0.25) is 0 Å². The Hall–Kier alpha value is 0.240. The second kappa shape index (κ2) is 3.27. The van der Waals surface area contributed by atoms with E-state index in [-0.39, 0.29) is 10.1 Å². The maximum atomic E-state index is 6.69. The van der Waals surface area contributed by atoms with Gasteiger partial charge in [0.2, 0.25) is 0 Å². The van der Waals surface area contributed by atoms with Gasteiger partial charge in [0.15, 0.2) is 0 Å². The van der Waals surface area contributed by atoms with Crippen LogP contribution in [0, 0.1) is 5.41 Å². The van der Waals surface area contributed by atoms with Gasteiger partial charge in [-0.15, -0.1) is 11.6 Å². The van der Waals surface area contributed by atoms with Gasteiger partial charge >= 0.3 is 0 Å². The highest BCUT2D eigenvalue weighted by Gasteiger charge is 1.97. The van der Waals surface area contributed by atoms with Crippen molar-refractivity contribution in [3.05, 3.63) is 0 Å². The van der Waals surface area contributed by atoms with Gasteiger partial charge in [0.1, 0.15) is 0 Å². The Morgan fingerprint density at radius 3 is 2.43 bits per heavy atom. The van der Waals surface area contributed by atoms with Crippen molar-refractivity contribution in [2.45, 2.75) is 10.7 Å². The van der Waals surface area contributed by atoms with Gasteiger partial charge in [-0.25, -0.2) is 0 Å². The summed E-state index contributed by atoms with van der Waals surface area (Å²) in [6.45, 7) is 0. The maximum Gasteiger partial charge on any atom is 0.0955 e. The van der Waals surface area contributed by atoms with Crippen LogP contribution < -0.4 is 5.73 Å². The molecule has 0 saturated carbocycles. The average molecular weight is 185 g/mol. The smallest absolute Gasteiger partial charge is 0.0955 e. The summed E-state index contributed by atoms with van der Waals surface area (Å²) < 4.78 is -0.190. The summed E-state index contributed by atoms with van der Waals surface area (Å²) in [6.07, 6.45) is 0.404. The zero-order valence-electron chi connectivity index (χ0n) is 3.62. The number of rotatable bonds is 2. The molecule has 1 atom stereocenters. The molecule has 0 aliphatic heterocycles. The van der Waals surface area contributed by atoms with E-state index < -0.39 is 0 Å². The van der Waals surface area contributed by atoms with Gasteiger partial charge in [-0.2, -0.15) is 0 Å². The Morgan fingerprint density at radius 1 is 2.00 bits per heavy atom. The highest BCUT2D eigenvalue weighted by Crippen LogP contribution is 2.07. The van der Waals surface area contributed by atoms with E-state index >= 15 is 0 Å². The van der Waals surface area contributed by atoms with Crippen LogP contribution in [-0.4, -0.2) is 10.1 Å². The van der Waals surface area contributed by atoms with E-state index in [1.54, 1.807) is 0 Å². The highest BCUT2D eigenvalue weighted by atomic mass is 79.9. The average Bonchev–Trinajstić information content (AvgIpc) is 1.27. The van der Waals surface area contributed by atoms with E-state index in [1.807, 2.05) is 0 Å². The summed E-state index contributed by atoms with van der Waals surface area (Å²) in [5, 5.41) is 6.69. The molecular weight excluding hydrogens is 179 g/mol. The zero-order valence-corrected chi connectivity index (χ0v) is 5.96. The second-order valence-corrected chi connectivity index (χ2v) is 3.28. The third-order valence-corrected chi connectivity index (χ3v) is 0.852. The van der Waals surface area contributed by atoms with Crippen molar-refractivity contribution in [2.75, 3.05) is 0 Å². The fourth-order valence-corrected chi connectivity index (χ4v) is 0.681. The molecule has 0 fully saturated rings. The molecule has 0 amide bonds. The molecule has 0 aliphatic rings. The van der Waals surface area contributed by atoms with Crippen LogP contribution in [-0.2, 0) is 0 Å². The lowest BCUT2D eigenvalue weighted by molar-refractivity contribution is 1.18. The Kier molecular flexibility index (Phi) is 3.38. The normalized spacial score (nSPS) is 13.4. The van der Waals surface area contributed by atoms with E-state index in [0.717, 1.165) is 0 Å². The van der Waals surface area contributed by atoms with E-state index in [4.69, 9.17) is 22.7 Å². The molecule has 7 heavy (non-hydrogen) atoms. The molecular formula is C3H6BrClN2. The van der Waals surface area contributed by atoms with Gasteiger partial charge in [-0.3, -0.25) is 5.41 Å². The zero-order chi connectivity index (χ0) is 5.86. The molecule has 0 saturated heterocycles. The molecule has 0 aliphatic carbocycles. The molecule has 4 heteroatoms. The first-order valence-electron chi connectivity index (χ1n) is 1.74. The van der Waals surface area contributed by atoms with Crippen molar-refractivity contribution in [2.24, 2.45) is 5.73 Å². The number of amidine groups is 1. The standard InChI is InChI=1S/C3H6BrClN2/c4-2(5)1-3(6)7/h2H,1H2,(H3,6,7). The maximum absolute atomic E-state index is 6.69.